The Morgan fingerprint density at radius 2 is 2.13 bits per heavy atom. The first-order chi connectivity index (χ1) is 7.31. The maximum Gasteiger partial charge on any atom is 0.347 e. The molecule has 2 rings (SSSR count). The molecule has 78 valence electrons. The molecule has 1 heterocycles. The van der Waals surface area contributed by atoms with Crippen LogP contribution in [0.1, 0.15) is 12.0 Å². The van der Waals surface area contributed by atoms with Crippen LogP contribution in [0.5, 0.6) is 0 Å². The average molecular weight is 204 g/mol. The largest absolute Gasteiger partial charge is 0.486 e. The normalized spacial score (nSPS) is 19.3. The molecule has 0 saturated carbocycles. The van der Waals surface area contributed by atoms with Crippen LogP contribution in [0.15, 0.2) is 36.6 Å². The molecule has 1 aromatic carbocycles. The van der Waals surface area contributed by atoms with Gasteiger partial charge in [0.25, 0.3) is 0 Å². The quantitative estimate of drug-likeness (QED) is 0.691. The average Bonchev–Trinajstić information content (AvgIpc) is 2.78. The predicted octanol–water partition coefficient (Wildman–Crippen LogP) is 1.99. The number of rotatable bonds is 2. The fourth-order valence-electron chi connectivity index (χ4n) is 1.57. The maximum atomic E-state index is 11.2. The van der Waals surface area contributed by atoms with Crippen molar-refractivity contribution >= 4 is 11.5 Å². The van der Waals surface area contributed by atoms with Crippen molar-refractivity contribution in [2.75, 3.05) is 7.11 Å². The van der Waals surface area contributed by atoms with E-state index in [9.17, 15) is 4.79 Å². The molecule has 0 aliphatic carbocycles. The molecule has 1 atom stereocenters. The number of esters is 1. The second-order valence-corrected chi connectivity index (χ2v) is 3.36. The zero-order valence-corrected chi connectivity index (χ0v) is 8.47. The first-order valence-corrected chi connectivity index (χ1v) is 4.79. The van der Waals surface area contributed by atoms with E-state index in [0.29, 0.717) is 6.42 Å². The smallest absolute Gasteiger partial charge is 0.347 e. The van der Waals surface area contributed by atoms with Crippen molar-refractivity contribution in [1.82, 2.24) is 0 Å². The van der Waals surface area contributed by atoms with Gasteiger partial charge in [0.05, 0.1) is 13.4 Å². The molecule has 0 fully saturated rings. The summed E-state index contributed by atoms with van der Waals surface area (Å²) in [6.45, 7) is 0. The highest BCUT2D eigenvalue weighted by molar-refractivity contribution is 5.80. The number of hydrogen-bond donors (Lipinski definition) is 0. The number of benzene rings is 1. The molecule has 1 unspecified atom stereocenters. The Kier molecular flexibility index (Phi) is 2.72. The van der Waals surface area contributed by atoms with E-state index in [1.165, 1.54) is 7.11 Å². The highest BCUT2D eigenvalue weighted by Crippen LogP contribution is 2.27. The topological polar surface area (TPSA) is 35.5 Å². The molecule has 1 aliphatic heterocycles. The summed E-state index contributed by atoms with van der Waals surface area (Å²) in [7, 11) is 1.37. The minimum atomic E-state index is -0.481. The molecule has 15 heavy (non-hydrogen) atoms. The number of carbonyl (C=O) groups is 1. The fraction of sp³-hybridized carbons (Fsp3) is 0.250. The molecule has 0 radical (unpaired) electrons. The molecule has 1 aromatic rings. The van der Waals surface area contributed by atoms with Crippen LogP contribution in [0.2, 0.25) is 0 Å². The molecule has 3 heteroatoms. The number of ether oxygens (including phenoxy) is 2. The zero-order chi connectivity index (χ0) is 10.7. The molecular formula is C12H12O3. The SMILES string of the molecule is COC(=O)C1CC(c2ccccc2)=CO1. The molecule has 0 aromatic heterocycles. The standard InChI is InChI=1S/C12H12O3/c1-14-12(13)11-7-10(8-15-11)9-5-3-2-4-6-9/h2-6,8,11H,7H2,1H3. The molecule has 0 amide bonds. The molecular weight excluding hydrogens is 192 g/mol. The lowest BCUT2D eigenvalue weighted by molar-refractivity contribution is -0.149. The van der Waals surface area contributed by atoms with E-state index < -0.39 is 6.10 Å². The zero-order valence-electron chi connectivity index (χ0n) is 8.47. The summed E-state index contributed by atoms with van der Waals surface area (Å²) in [5.41, 5.74) is 2.12. The molecule has 1 aliphatic rings. The monoisotopic (exact) mass is 204 g/mol. The van der Waals surface area contributed by atoms with Crippen LogP contribution in [0.3, 0.4) is 0 Å². The number of methoxy groups -OCH3 is 1. The van der Waals surface area contributed by atoms with E-state index in [1.807, 2.05) is 30.3 Å². The summed E-state index contributed by atoms with van der Waals surface area (Å²) in [4.78, 5) is 11.2. The third-order valence-electron chi connectivity index (χ3n) is 2.39. The van der Waals surface area contributed by atoms with Crippen molar-refractivity contribution in [3.05, 3.63) is 42.2 Å². The fourth-order valence-corrected chi connectivity index (χ4v) is 1.57. The van der Waals surface area contributed by atoms with Gasteiger partial charge in [-0.15, -0.1) is 0 Å². The van der Waals surface area contributed by atoms with Crippen molar-refractivity contribution in [2.45, 2.75) is 12.5 Å². The van der Waals surface area contributed by atoms with Crippen LogP contribution in [-0.4, -0.2) is 19.2 Å². The Morgan fingerprint density at radius 3 is 2.80 bits per heavy atom. The van der Waals surface area contributed by atoms with Crippen LogP contribution in [0, 0.1) is 0 Å². The lowest BCUT2D eigenvalue weighted by Crippen LogP contribution is -2.20. The summed E-state index contributed by atoms with van der Waals surface area (Å²) >= 11 is 0. The third kappa shape index (κ3) is 2.01. The van der Waals surface area contributed by atoms with Gasteiger partial charge in [-0.2, -0.15) is 0 Å². The van der Waals surface area contributed by atoms with Crippen molar-refractivity contribution in [3.63, 3.8) is 0 Å². The second kappa shape index (κ2) is 4.17. The Hall–Kier alpha value is -1.77. The Balaban J connectivity index is 2.07. The minimum absolute atomic E-state index is 0.322. The number of carbonyl (C=O) groups excluding carboxylic acids is 1. The van der Waals surface area contributed by atoms with Crippen LogP contribution in [0.4, 0.5) is 0 Å². The van der Waals surface area contributed by atoms with Gasteiger partial charge in [0.1, 0.15) is 0 Å². The van der Waals surface area contributed by atoms with Crippen molar-refractivity contribution in [1.29, 1.82) is 0 Å². The lowest BCUT2D eigenvalue weighted by atomic mass is 10.0. The Morgan fingerprint density at radius 1 is 1.40 bits per heavy atom. The van der Waals surface area contributed by atoms with E-state index in [0.717, 1.165) is 11.1 Å². The first kappa shape index (κ1) is 9.77. The van der Waals surface area contributed by atoms with Crippen LogP contribution >= 0.6 is 0 Å². The van der Waals surface area contributed by atoms with Gasteiger partial charge in [-0.25, -0.2) is 4.79 Å². The van der Waals surface area contributed by atoms with Crippen LogP contribution in [0.25, 0.3) is 5.57 Å². The Labute approximate surface area is 88.3 Å². The Bertz CT molecular complexity index is 381. The summed E-state index contributed by atoms with van der Waals surface area (Å²) < 4.78 is 9.86. The van der Waals surface area contributed by atoms with Gasteiger partial charge in [-0.05, 0) is 11.1 Å². The second-order valence-electron chi connectivity index (χ2n) is 3.36. The predicted molar refractivity (Wildman–Crippen MR) is 55.9 cm³/mol. The molecule has 0 saturated heterocycles. The summed E-state index contributed by atoms with van der Waals surface area (Å²) in [5, 5.41) is 0. The van der Waals surface area contributed by atoms with Crippen molar-refractivity contribution < 1.29 is 14.3 Å². The van der Waals surface area contributed by atoms with Crippen molar-refractivity contribution in [2.24, 2.45) is 0 Å². The molecule has 0 N–H and O–H groups in total. The van der Waals surface area contributed by atoms with Crippen molar-refractivity contribution in [3.8, 4) is 0 Å². The van der Waals surface area contributed by atoms with Gasteiger partial charge < -0.3 is 9.47 Å². The summed E-state index contributed by atoms with van der Waals surface area (Å²) in [6.07, 6.45) is 1.73. The van der Waals surface area contributed by atoms with Gasteiger partial charge in [0, 0.05) is 6.42 Å². The van der Waals surface area contributed by atoms with Crippen LogP contribution in [-0.2, 0) is 14.3 Å². The van der Waals surface area contributed by atoms with Gasteiger partial charge in [0.2, 0.25) is 0 Å². The highest BCUT2D eigenvalue weighted by Gasteiger charge is 2.26. The summed E-state index contributed by atoms with van der Waals surface area (Å²) in [6, 6.07) is 9.87. The minimum Gasteiger partial charge on any atom is -0.486 e. The van der Waals surface area contributed by atoms with Gasteiger partial charge in [-0.1, -0.05) is 30.3 Å². The van der Waals surface area contributed by atoms with E-state index in [-0.39, 0.29) is 5.97 Å². The maximum absolute atomic E-state index is 11.2. The van der Waals surface area contributed by atoms with Gasteiger partial charge in [-0.3, -0.25) is 0 Å². The summed E-state index contributed by atoms with van der Waals surface area (Å²) in [5.74, 6) is -0.322. The molecule has 3 nitrogen and oxygen atoms in total. The first-order valence-electron chi connectivity index (χ1n) is 4.79. The highest BCUT2D eigenvalue weighted by atomic mass is 16.6. The van der Waals surface area contributed by atoms with Gasteiger partial charge in [0.15, 0.2) is 6.10 Å². The van der Waals surface area contributed by atoms with E-state index in [2.05, 4.69) is 4.74 Å². The van der Waals surface area contributed by atoms with E-state index in [1.54, 1.807) is 6.26 Å². The molecule has 0 spiro atoms. The molecule has 0 bridgehead atoms. The number of hydrogen-bond acceptors (Lipinski definition) is 3. The van der Waals surface area contributed by atoms with E-state index >= 15 is 0 Å². The third-order valence-corrected chi connectivity index (χ3v) is 2.39. The lowest BCUT2D eigenvalue weighted by Gasteiger charge is -2.06. The van der Waals surface area contributed by atoms with E-state index in [4.69, 9.17) is 4.74 Å². The van der Waals surface area contributed by atoms with Gasteiger partial charge >= 0.3 is 5.97 Å². The van der Waals surface area contributed by atoms with Crippen LogP contribution < -0.4 is 0 Å².